The molecule has 0 radical (unpaired) electrons. The van der Waals surface area contributed by atoms with Crippen LogP contribution >= 0.6 is 11.3 Å². The number of rotatable bonds is 7. The molecule has 0 saturated heterocycles. The van der Waals surface area contributed by atoms with E-state index in [-0.39, 0.29) is 17.8 Å². The topological polar surface area (TPSA) is 84.2 Å². The lowest BCUT2D eigenvalue weighted by atomic mass is 10.1. The molecule has 0 spiro atoms. The fourth-order valence-electron chi connectivity index (χ4n) is 3.57. The van der Waals surface area contributed by atoms with Crippen molar-refractivity contribution in [2.75, 3.05) is 5.32 Å². The lowest BCUT2D eigenvalue weighted by molar-refractivity contribution is 0.0940. The van der Waals surface area contributed by atoms with E-state index in [0.29, 0.717) is 17.9 Å². The largest absolute Gasteiger partial charge is 0.365 e. The minimum Gasteiger partial charge on any atom is -0.365 e. The number of carbonyl (C=O) groups excluding carboxylic acids is 1. The Morgan fingerprint density at radius 1 is 1.09 bits per heavy atom. The summed E-state index contributed by atoms with van der Waals surface area (Å²) in [6, 6.07) is 13.3. The number of nitrogens with zero attached hydrogens (tertiary/aromatic N) is 4. The molecule has 4 aromatic heterocycles. The first kappa shape index (κ1) is 21.7. The van der Waals surface area contributed by atoms with E-state index in [0.717, 1.165) is 26.7 Å². The molecule has 1 atom stereocenters. The Labute approximate surface area is 199 Å². The van der Waals surface area contributed by atoms with Crippen LogP contribution < -0.4 is 10.6 Å². The van der Waals surface area contributed by atoms with E-state index in [4.69, 9.17) is 0 Å². The van der Waals surface area contributed by atoms with Crippen molar-refractivity contribution in [2.24, 2.45) is 0 Å². The molecule has 1 unspecified atom stereocenters. The number of fused-ring (bicyclic) bond motifs is 1. The van der Waals surface area contributed by atoms with Gasteiger partial charge < -0.3 is 15.0 Å². The second-order valence-corrected chi connectivity index (χ2v) is 8.90. The van der Waals surface area contributed by atoms with Crippen LogP contribution in [0.15, 0.2) is 79.5 Å². The Hall–Kier alpha value is -4.11. The van der Waals surface area contributed by atoms with Gasteiger partial charge in [0.1, 0.15) is 11.6 Å². The molecule has 170 valence electrons. The highest BCUT2D eigenvalue weighted by molar-refractivity contribution is 7.15. The van der Waals surface area contributed by atoms with Gasteiger partial charge in [0.05, 0.1) is 34.9 Å². The third-order valence-corrected chi connectivity index (χ3v) is 6.50. The van der Waals surface area contributed by atoms with Crippen molar-refractivity contribution in [1.29, 1.82) is 0 Å². The van der Waals surface area contributed by atoms with Crippen molar-refractivity contribution in [2.45, 2.75) is 19.5 Å². The Morgan fingerprint density at radius 2 is 1.94 bits per heavy atom. The maximum absolute atomic E-state index is 13.2. The maximum atomic E-state index is 13.2. The predicted octanol–water partition coefficient (Wildman–Crippen LogP) is 5.10. The molecule has 7 nitrogen and oxygen atoms in total. The van der Waals surface area contributed by atoms with Gasteiger partial charge in [-0.3, -0.25) is 4.79 Å². The van der Waals surface area contributed by atoms with Gasteiger partial charge in [0.2, 0.25) is 0 Å². The van der Waals surface area contributed by atoms with Crippen LogP contribution in [0, 0.1) is 5.82 Å². The molecular weight excluding hydrogens is 451 g/mol. The summed E-state index contributed by atoms with van der Waals surface area (Å²) in [4.78, 5) is 28.1. The van der Waals surface area contributed by atoms with E-state index in [2.05, 4.69) is 25.6 Å². The van der Waals surface area contributed by atoms with Gasteiger partial charge in [0.25, 0.3) is 5.91 Å². The van der Waals surface area contributed by atoms with Gasteiger partial charge in [-0.05, 0) is 48.9 Å². The quantitative estimate of drug-likeness (QED) is 0.345. The highest BCUT2D eigenvalue weighted by Crippen LogP contribution is 2.27. The third-order valence-electron chi connectivity index (χ3n) is 5.39. The summed E-state index contributed by atoms with van der Waals surface area (Å²) < 4.78 is 15.1. The van der Waals surface area contributed by atoms with Crippen molar-refractivity contribution in [3.8, 4) is 10.6 Å². The SMILES string of the molecule is CC(NC(=O)c1cccnc1NCc1ccc(-c2cn3ccnc3cn2)s1)c1ccc(F)cc1. The summed E-state index contributed by atoms with van der Waals surface area (Å²) in [6.45, 7) is 2.37. The Kier molecular flexibility index (Phi) is 6.01. The lowest BCUT2D eigenvalue weighted by Gasteiger charge is -2.16. The van der Waals surface area contributed by atoms with Crippen LogP contribution in [0.25, 0.3) is 16.2 Å². The number of aromatic nitrogens is 4. The molecule has 1 aromatic carbocycles. The van der Waals surface area contributed by atoms with E-state index < -0.39 is 0 Å². The predicted molar refractivity (Wildman–Crippen MR) is 130 cm³/mol. The van der Waals surface area contributed by atoms with E-state index in [1.807, 2.05) is 35.9 Å². The van der Waals surface area contributed by atoms with Gasteiger partial charge >= 0.3 is 0 Å². The summed E-state index contributed by atoms with van der Waals surface area (Å²) in [7, 11) is 0. The molecule has 5 rings (SSSR count). The van der Waals surface area contributed by atoms with Crippen LogP contribution in [0.3, 0.4) is 0 Å². The van der Waals surface area contributed by atoms with E-state index >= 15 is 0 Å². The van der Waals surface area contributed by atoms with Gasteiger partial charge in [-0.15, -0.1) is 11.3 Å². The summed E-state index contributed by atoms with van der Waals surface area (Å²) in [5.41, 5.74) is 2.94. The Bertz CT molecular complexity index is 1450. The van der Waals surface area contributed by atoms with Crippen LogP contribution in [0.4, 0.5) is 10.2 Å². The number of benzene rings is 1. The van der Waals surface area contributed by atoms with Gasteiger partial charge in [-0.1, -0.05) is 12.1 Å². The molecule has 0 aliphatic rings. The second-order valence-electron chi connectivity index (χ2n) is 7.73. The van der Waals surface area contributed by atoms with Crippen LogP contribution in [0.1, 0.15) is 33.8 Å². The molecule has 5 aromatic rings. The number of thiophene rings is 1. The summed E-state index contributed by atoms with van der Waals surface area (Å²) in [6.07, 6.45) is 8.98. The van der Waals surface area contributed by atoms with Gasteiger partial charge in [-0.2, -0.15) is 0 Å². The molecule has 0 aliphatic carbocycles. The molecule has 9 heteroatoms. The zero-order chi connectivity index (χ0) is 23.5. The van der Waals surface area contributed by atoms with E-state index in [1.54, 1.807) is 54.2 Å². The molecule has 0 bridgehead atoms. The second kappa shape index (κ2) is 9.40. The lowest BCUT2D eigenvalue weighted by Crippen LogP contribution is -2.27. The van der Waals surface area contributed by atoms with Crippen LogP contribution in [0.2, 0.25) is 0 Å². The first-order chi connectivity index (χ1) is 16.6. The number of imidazole rings is 1. The Balaban J connectivity index is 1.27. The minimum atomic E-state index is -0.309. The van der Waals surface area contributed by atoms with Crippen molar-refractivity contribution >= 4 is 28.7 Å². The van der Waals surface area contributed by atoms with Crippen molar-refractivity contribution < 1.29 is 9.18 Å². The number of nitrogens with one attached hydrogen (secondary N) is 2. The highest BCUT2D eigenvalue weighted by atomic mass is 32.1. The number of hydrogen-bond donors (Lipinski definition) is 2. The van der Waals surface area contributed by atoms with Gasteiger partial charge in [0.15, 0.2) is 5.65 Å². The summed E-state index contributed by atoms with van der Waals surface area (Å²) >= 11 is 1.62. The molecule has 0 aliphatic heterocycles. The van der Waals surface area contributed by atoms with Crippen molar-refractivity contribution in [3.63, 3.8) is 0 Å². The number of amides is 1. The molecular formula is C25H21FN6OS. The van der Waals surface area contributed by atoms with Crippen LogP contribution in [0.5, 0.6) is 0 Å². The number of carbonyl (C=O) groups is 1. The molecule has 1 amide bonds. The molecule has 2 N–H and O–H groups in total. The summed E-state index contributed by atoms with van der Waals surface area (Å²) in [5.74, 6) is -0.0628. The van der Waals surface area contributed by atoms with E-state index in [1.165, 1.54) is 12.1 Å². The highest BCUT2D eigenvalue weighted by Gasteiger charge is 2.16. The fraction of sp³-hybridized carbons (Fsp3) is 0.120. The average Bonchev–Trinajstić information content (AvgIpc) is 3.52. The number of hydrogen-bond acceptors (Lipinski definition) is 6. The average molecular weight is 473 g/mol. The number of anilines is 1. The third kappa shape index (κ3) is 4.65. The summed E-state index contributed by atoms with van der Waals surface area (Å²) in [5, 5.41) is 6.23. The molecule has 4 heterocycles. The normalized spacial score (nSPS) is 11.9. The van der Waals surface area contributed by atoms with Crippen molar-refractivity contribution in [1.82, 2.24) is 24.7 Å². The standard InChI is InChI=1S/C25H21FN6OS/c1-16(17-4-6-18(26)7-5-17)31-25(33)20-3-2-10-28-24(20)30-13-19-8-9-22(34-19)21-15-32-12-11-27-23(32)14-29-21/h2-12,14-16H,13H2,1H3,(H,28,30)(H,31,33). The Morgan fingerprint density at radius 3 is 2.79 bits per heavy atom. The smallest absolute Gasteiger partial charge is 0.255 e. The zero-order valence-electron chi connectivity index (χ0n) is 18.3. The monoisotopic (exact) mass is 472 g/mol. The van der Waals surface area contributed by atoms with Crippen LogP contribution in [-0.2, 0) is 6.54 Å². The maximum Gasteiger partial charge on any atom is 0.255 e. The zero-order valence-corrected chi connectivity index (χ0v) is 19.1. The molecule has 34 heavy (non-hydrogen) atoms. The molecule has 0 saturated carbocycles. The fourth-order valence-corrected chi connectivity index (χ4v) is 4.48. The first-order valence-corrected chi connectivity index (χ1v) is 11.5. The van der Waals surface area contributed by atoms with Gasteiger partial charge in [-0.25, -0.2) is 19.3 Å². The number of pyridine rings is 1. The van der Waals surface area contributed by atoms with Crippen molar-refractivity contribution in [3.05, 3.63) is 101 Å². The van der Waals surface area contributed by atoms with Crippen LogP contribution in [-0.4, -0.2) is 25.3 Å². The van der Waals surface area contributed by atoms with E-state index in [9.17, 15) is 9.18 Å². The number of halogens is 1. The molecule has 0 fully saturated rings. The van der Waals surface area contributed by atoms with Gasteiger partial charge in [0, 0.05) is 29.7 Å². The first-order valence-electron chi connectivity index (χ1n) is 10.7. The minimum absolute atomic E-state index is 0.253.